The summed E-state index contributed by atoms with van der Waals surface area (Å²) < 4.78 is 6.22. The number of nitrogens with zero attached hydrogens (tertiary/aromatic N) is 1. The van der Waals surface area contributed by atoms with Crippen molar-refractivity contribution < 1.29 is 14.3 Å². The molecule has 0 saturated carbocycles. The van der Waals surface area contributed by atoms with Crippen LogP contribution in [-0.4, -0.2) is 36.0 Å². The molecular weight excluding hydrogens is 360 g/mol. The first-order valence-corrected chi connectivity index (χ1v) is 8.92. The highest BCUT2D eigenvalue weighted by Crippen LogP contribution is 2.54. The maximum atomic E-state index is 12.9. The monoisotopic (exact) mass is 378 g/mol. The van der Waals surface area contributed by atoms with Crippen LogP contribution in [0.25, 0.3) is 0 Å². The zero-order chi connectivity index (χ0) is 16.2. The summed E-state index contributed by atoms with van der Waals surface area (Å²) in [6.07, 6.45) is 2.46. The van der Waals surface area contributed by atoms with E-state index >= 15 is 0 Å². The Bertz CT molecular complexity index is 692. The predicted molar refractivity (Wildman–Crippen MR) is 88.9 cm³/mol. The molecule has 0 aliphatic carbocycles. The Hall–Kier alpha value is -1.40. The van der Waals surface area contributed by atoms with Crippen molar-refractivity contribution in [3.8, 4) is 0 Å². The van der Waals surface area contributed by atoms with Crippen molar-refractivity contribution in [1.29, 1.82) is 0 Å². The highest BCUT2D eigenvalue weighted by molar-refractivity contribution is 9.10. The Balaban J connectivity index is 1.81. The molecule has 1 aromatic carbocycles. The van der Waals surface area contributed by atoms with Crippen molar-refractivity contribution in [1.82, 2.24) is 4.90 Å². The molecule has 23 heavy (non-hydrogen) atoms. The van der Waals surface area contributed by atoms with Crippen LogP contribution in [0.3, 0.4) is 0 Å². The molecule has 3 heterocycles. The molecule has 1 aromatic rings. The van der Waals surface area contributed by atoms with Crippen LogP contribution in [0.1, 0.15) is 31.7 Å². The van der Waals surface area contributed by atoms with Gasteiger partial charge < -0.3 is 10.1 Å². The zero-order valence-electron chi connectivity index (χ0n) is 13.0. The molecule has 3 aliphatic rings. The van der Waals surface area contributed by atoms with Gasteiger partial charge in [-0.2, -0.15) is 0 Å². The van der Waals surface area contributed by atoms with Gasteiger partial charge in [-0.05, 0) is 50.9 Å². The van der Waals surface area contributed by atoms with E-state index < -0.39 is 5.54 Å². The van der Waals surface area contributed by atoms with Crippen molar-refractivity contribution in [3.63, 3.8) is 0 Å². The first-order chi connectivity index (χ1) is 11.1. The minimum Gasteiger partial charge on any atom is -0.466 e. The molecule has 122 valence electrons. The first kappa shape index (κ1) is 15.1. The minimum atomic E-state index is -0.724. The average Bonchev–Trinajstić information content (AvgIpc) is 3.16. The Labute approximate surface area is 143 Å². The van der Waals surface area contributed by atoms with Gasteiger partial charge in [0.2, 0.25) is 5.91 Å². The number of benzene rings is 1. The lowest BCUT2D eigenvalue weighted by Gasteiger charge is -2.32. The molecule has 0 bridgehead atoms. The van der Waals surface area contributed by atoms with Crippen LogP contribution in [0, 0.1) is 5.92 Å². The number of hydrogen-bond acceptors (Lipinski definition) is 4. The highest BCUT2D eigenvalue weighted by atomic mass is 79.9. The average molecular weight is 379 g/mol. The van der Waals surface area contributed by atoms with Crippen LogP contribution in [0.15, 0.2) is 22.7 Å². The number of carbonyl (C=O) groups is 2. The quantitative estimate of drug-likeness (QED) is 0.803. The van der Waals surface area contributed by atoms with Crippen molar-refractivity contribution in [2.24, 2.45) is 5.92 Å². The lowest BCUT2D eigenvalue weighted by Crippen LogP contribution is -2.47. The molecule has 3 atom stereocenters. The van der Waals surface area contributed by atoms with E-state index in [-0.39, 0.29) is 23.8 Å². The third-order valence-corrected chi connectivity index (χ3v) is 5.90. The van der Waals surface area contributed by atoms with Crippen LogP contribution < -0.4 is 5.32 Å². The number of amides is 1. The SMILES string of the molecule is CCOC(=O)[C@@H]1C[C@]2(C(=O)Nc3ccc(Br)cc32)N2CCC[C@@H]12. The number of rotatable bonds is 2. The summed E-state index contributed by atoms with van der Waals surface area (Å²) in [5.41, 5.74) is 1.11. The summed E-state index contributed by atoms with van der Waals surface area (Å²) in [6, 6.07) is 5.97. The summed E-state index contributed by atoms with van der Waals surface area (Å²) in [4.78, 5) is 27.6. The van der Waals surface area contributed by atoms with Gasteiger partial charge >= 0.3 is 5.97 Å². The van der Waals surface area contributed by atoms with E-state index in [9.17, 15) is 9.59 Å². The van der Waals surface area contributed by atoms with Gasteiger partial charge in [0.05, 0.1) is 12.5 Å². The van der Waals surface area contributed by atoms with Gasteiger partial charge in [-0.15, -0.1) is 0 Å². The summed E-state index contributed by atoms with van der Waals surface area (Å²) >= 11 is 3.51. The summed E-state index contributed by atoms with van der Waals surface area (Å²) in [5.74, 6) is -0.407. The van der Waals surface area contributed by atoms with Gasteiger partial charge in [-0.3, -0.25) is 14.5 Å². The molecule has 1 N–H and O–H groups in total. The third-order valence-electron chi connectivity index (χ3n) is 5.41. The summed E-state index contributed by atoms with van der Waals surface area (Å²) in [6.45, 7) is 3.05. The molecule has 6 heteroatoms. The number of ether oxygens (including phenoxy) is 1. The van der Waals surface area contributed by atoms with E-state index in [0.717, 1.165) is 35.1 Å². The molecule has 0 aromatic heterocycles. The molecule has 3 aliphatic heterocycles. The van der Waals surface area contributed by atoms with Gasteiger partial charge in [0.1, 0.15) is 5.54 Å². The number of anilines is 1. The van der Waals surface area contributed by atoms with Crippen LogP contribution in [-0.2, 0) is 19.9 Å². The summed E-state index contributed by atoms with van der Waals surface area (Å²) in [7, 11) is 0. The Morgan fingerprint density at radius 2 is 2.35 bits per heavy atom. The maximum absolute atomic E-state index is 12.9. The number of hydrogen-bond donors (Lipinski definition) is 1. The van der Waals surface area contributed by atoms with Crippen molar-refractivity contribution >= 4 is 33.5 Å². The van der Waals surface area contributed by atoms with E-state index in [2.05, 4.69) is 26.1 Å². The number of carbonyl (C=O) groups excluding carboxylic acids is 2. The topological polar surface area (TPSA) is 58.6 Å². The second-order valence-electron chi connectivity index (χ2n) is 6.47. The molecule has 5 nitrogen and oxygen atoms in total. The second kappa shape index (κ2) is 5.31. The largest absolute Gasteiger partial charge is 0.466 e. The van der Waals surface area contributed by atoms with Crippen LogP contribution in [0.4, 0.5) is 5.69 Å². The van der Waals surface area contributed by atoms with Gasteiger partial charge in [0.25, 0.3) is 0 Å². The molecule has 2 saturated heterocycles. The Morgan fingerprint density at radius 1 is 1.52 bits per heavy atom. The second-order valence-corrected chi connectivity index (χ2v) is 7.39. The number of fused-ring (bicyclic) bond motifs is 4. The molecule has 0 unspecified atom stereocenters. The molecule has 1 amide bonds. The first-order valence-electron chi connectivity index (χ1n) is 8.13. The predicted octanol–water partition coefficient (Wildman–Crippen LogP) is 2.64. The molecular formula is C17H19BrN2O3. The van der Waals surface area contributed by atoms with Crippen LogP contribution in [0.5, 0.6) is 0 Å². The van der Waals surface area contributed by atoms with Crippen molar-refractivity contribution in [3.05, 3.63) is 28.2 Å². The van der Waals surface area contributed by atoms with Gasteiger partial charge in [-0.1, -0.05) is 15.9 Å². The number of esters is 1. The van der Waals surface area contributed by atoms with Crippen LogP contribution >= 0.6 is 15.9 Å². The van der Waals surface area contributed by atoms with E-state index in [1.807, 2.05) is 25.1 Å². The van der Waals surface area contributed by atoms with Gasteiger partial charge in [0.15, 0.2) is 0 Å². The van der Waals surface area contributed by atoms with Crippen molar-refractivity contribution in [2.75, 3.05) is 18.5 Å². The van der Waals surface area contributed by atoms with E-state index in [1.54, 1.807) is 0 Å². The van der Waals surface area contributed by atoms with E-state index in [1.165, 1.54) is 0 Å². The third kappa shape index (κ3) is 2.01. The molecule has 0 radical (unpaired) electrons. The summed E-state index contributed by atoms with van der Waals surface area (Å²) in [5, 5.41) is 3.01. The smallest absolute Gasteiger partial charge is 0.310 e. The van der Waals surface area contributed by atoms with E-state index in [4.69, 9.17) is 4.74 Å². The number of nitrogens with one attached hydrogen (secondary N) is 1. The minimum absolute atomic E-state index is 0.00991. The normalized spacial score (nSPS) is 32.0. The fourth-order valence-corrected chi connectivity index (χ4v) is 4.91. The number of halogens is 1. The zero-order valence-corrected chi connectivity index (χ0v) is 14.6. The standard InChI is InChI=1S/C17H19BrN2O3/c1-2-23-15(21)11-9-17(20-7-3-4-14(11)20)12-8-10(18)5-6-13(12)19-16(17)22/h5-6,8,11,14H,2-4,7,9H2,1H3,(H,19,22)/t11-,14+,17+/m1/s1. The Kier molecular flexibility index (Phi) is 3.50. The van der Waals surface area contributed by atoms with Gasteiger partial charge in [-0.25, -0.2) is 0 Å². The molecule has 2 fully saturated rings. The molecule has 1 spiro atoms. The van der Waals surface area contributed by atoms with E-state index in [0.29, 0.717) is 13.0 Å². The lowest BCUT2D eigenvalue weighted by atomic mass is 9.84. The van der Waals surface area contributed by atoms with Crippen LogP contribution in [0.2, 0.25) is 0 Å². The van der Waals surface area contributed by atoms with Gasteiger partial charge in [0, 0.05) is 21.8 Å². The highest BCUT2D eigenvalue weighted by Gasteiger charge is 2.63. The fourth-order valence-electron chi connectivity index (χ4n) is 4.55. The molecule has 4 rings (SSSR count). The van der Waals surface area contributed by atoms with Crippen molar-refractivity contribution in [2.45, 2.75) is 37.8 Å². The lowest BCUT2D eigenvalue weighted by molar-refractivity contribution is -0.148. The fraction of sp³-hybridized carbons (Fsp3) is 0.529. The maximum Gasteiger partial charge on any atom is 0.310 e. The Morgan fingerprint density at radius 3 is 3.13 bits per heavy atom.